The van der Waals surface area contributed by atoms with Crippen molar-refractivity contribution in [1.29, 1.82) is 0 Å². The van der Waals surface area contributed by atoms with Crippen LogP contribution in [0.15, 0.2) is 12.3 Å². The Balaban J connectivity index is 1.97. The number of hydrogen-bond donors (Lipinski definition) is 2. The van der Waals surface area contributed by atoms with Crippen molar-refractivity contribution in [3.8, 4) is 0 Å². The maximum Gasteiger partial charge on any atom is 0.234 e. The normalized spacial score (nSPS) is 20.5. The Morgan fingerprint density at radius 3 is 2.92 bits per heavy atom. The Morgan fingerprint density at radius 1 is 1.52 bits per heavy atom. The van der Waals surface area contributed by atoms with Crippen molar-refractivity contribution in [3.05, 3.63) is 12.3 Å². The van der Waals surface area contributed by atoms with Gasteiger partial charge in [0.2, 0.25) is 11.9 Å². The van der Waals surface area contributed by atoms with Crippen molar-refractivity contribution >= 4 is 17.7 Å². The van der Waals surface area contributed by atoms with E-state index in [1.807, 2.05) is 18.0 Å². The van der Waals surface area contributed by atoms with Crippen LogP contribution in [0.2, 0.25) is 0 Å². The second-order valence-electron chi connectivity index (χ2n) is 6.99. The molecule has 1 saturated heterocycles. The van der Waals surface area contributed by atoms with E-state index in [1.54, 1.807) is 13.3 Å². The third kappa shape index (κ3) is 5.54. The highest BCUT2D eigenvalue weighted by atomic mass is 16.5. The molecule has 2 atom stereocenters. The van der Waals surface area contributed by atoms with Gasteiger partial charge in [-0.25, -0.2) is 4.98 Å². The van der Waals surface area contributed by atoms with E-state index in [4.69, 9.17) is 10.5 Å². The third-order valence-corrected chi connectivity index (χ3v) is 4.64. The monoisotopic (exact) mass is 350 g/mol. The maximum absolute atomic E-state index is 12.4. The third-order valence-electron chi connectivity index (χ3n) is 4.64. The lowest BCUT2D eigenvalue weighted by Crippen LogP contribution is -2.46. The van der Waals surface area contributed by atoms with E-state index >= 15 is 0 Å². The largest absolute Gasteiger partial charge is 0.383 e. The van der Waals surface area contributed by atoms with Gasteiger partial charge in [-0.1, -0.05) is 13.8 Å². The summed E-state index contributed by atoms with van der Waals surface area (Å²) in [6, 6.07) is 1.95. The molecule has 140 valence electrons. The van der Waals surface area contributed by atoms with E-state index in [-0.39, 0.29) is 17.9 Å². The molecule has 0 bridgehead atoms. The molecule has 8 heteroatoms. The minimum absolute atomic E-state index is 0.0401. The van der Waals surface area contributed by atoms with E-state index in [1.165, 1.54) is 0 Å². The lowest BCUT2D eigenvalue weighted by molar-refractivity contribution is -0.123. The van der Waals surface area contributed by atoms with Gasteiger partial charge in [0.1, 0.15) is 5.82 Å². The summed E-state index contributed by atoms with van der Waals surface area (Å²) >= 11 is 0. The lowest BCUT2D eigenvalue weighted by Gasteiger charge is -2.24. The van der Waals surface area contributed by atoms with Crippen molar-refractivity contribution < 1.29 is 9.53 Å². The molecule has 1 aliphatic rings. The summed E-state index contributed by atoms with van der Waals surface area (Å²) in [5.41, 5.74) is 5.70. The van der Waals surface area contributed by atoms with Gasteiger partial charge < -0.3 is 20.7 Å². The van der Waals surface area contributed by atoms with Crippen LogP contribution in [0.5, 0.6) is 0 Å². The molecule has 0 aliphatic carbocycles. The summed E-state index contributed by atoms with van der Waals surface area (Å²) in [5.74, 6) is 1.95. The van der Waals surface area contributed by atoms with Crippen molar-refractivity contribution in [2.45, 2.75) is 19.9 Å². The summed E-state index contributed by atoms with van der Waals surface area (Å²) in [4.78, 5) is 24.8. The van der Waals surface area contributed by atoms with Crippen LogP contribution >= 0.6 is 0 Å². The van der Waals surface area contributed by atoms with Crippen molar-refractivity contribution in [2.75, 3.05) is 57.6 Å². The zero-order chi connectivity index (χ0) is 18.4. The van der Waals surface area contributed by atoms with Gasteiger partial charge in [0.05, 0.1) is 19.2 Å². The fourth-order valence-electron chi connectivity index (χ4n) is 3.21. The summed E-state index contributed by atoms with van der Waals surface area (Å²) in [6.07, 6.45) is 1.67. The van der Waals surface area contributed by atoms with E-state index < -0.39 is 0 Å². The zero-order valence-electron chi connectivity index (χ0n) is 15.6. The first-order valence-electron chi connectivity index (χ1n) is 8.71. The van der Waals surface area contributed by atoms with Gasteiger partial charge in [0.15, 0.2) is 0 Å². The number of carbonyl (C=O) groups excluding carboxylic acids is 1. The van der Waals surface area contributed by atoms with Crippen LogP contribution in [0.4, 0.5) is 11.8 Å². The average Bonchev–Trinajstić information content (AvgIpc) is 2.96. The SMILES string of the molecule is COCCN(C)CC(=O)N[C@@H]1CN(c2ccnc(N)n2)C[C@H]1C(C)C. The van der Waals surface area contributed by atoms with Gasteiger partial charge in [-0.15, -0.1) is 0 Å². The number of hydrogen-bond acceptors (Lipinski definition) is 7. The van der Waals surface area contributed by atoms with Crippen LogP contribution in [0.25, 0.3) is 0 Å². The van der Waals surface area contributed by atoms with Gasteiger partial charge in [-0.2, -0.15) is 4.98 Å². The van der Waals surface area contributed by atoms with Crippen molar-refractivity contribution in [3.63, 3.8) is 0 Å². The topological polar surface area (TPSA) is 96.6 Å². The molecule has 1 aliphatic heterocycles. The number of likely N-dealkylation sites (N-methyl/N-ethyl adjacent to an activating group) is 1. The molecule has 0 unspecified atom stereocenters. The first-order chi connectivity index (χ1) is 11.9. The standard InChI is InChI=1S/C17H30N6O2/c1-12(2)13-9-23(15-5-6-19-17(18)21-15)10-14(13)20-16(24)11-22(3)7-8-25-4/h5-6,12-14H,7-11H2,1-4H3,(H,20,24)(H2,18,19,21)/t13-,14+/m0/s1. The van der Waals surface area contributed by atoms with Crippen LogP contribution in [0.1, 0.15) is 13.8 Å². The Hall–Kier alpha value is -1.93. The number of anilines is 2. The minimum atomic E-state index is 0.0401. The van der Waals surface area contributed by atoms with Crippen LogP contribution < -0.4 is 16.0 Å². The quantitative estimate of drug-likeness (QED) is 0.692. The highest BCUT2D eigenvalue weighted by molar-refractivity contribution is 5.78. The number of nitrogens with zero attached hydrogens (tertiary/aromatic N) is 4. The first-order valence-corrected chi connectivity index (χ1v) is 8.71. The minimum Gasteiger partial charge on any atom is -0.383 e. The average molecular weight is 350 g/mol. The van der Waals surface area contributed by atoms with E-state index in [2.05, 4.69) is 34.0 Å². The highest BCUT2D eigenvalue weighted by Crippen LogP contribution is 2.27. The lowest BCUT2D eigenvalue weighted by atomic mass is 9.91. The van der Waals surface area contributed by atoms with E-state index in [9.17, 15) is 4.79 Å². The second-order valence-corrected chi connectivity index (χ2v) is 6.99. The fourth-order valence-corrected chi connectivity index (χ4v) is 3.21. The van der Waals surface area contributed by atoms with Crippen LogP contribution in [0, 0.1) is 11.8 Å². The highest BCUT2D eigenvalue weighted by Gasteiger charge is 2.36. The number of nitrogens with one attached hydrogen (secondary N) is 1. The zero-order valence-corrected chi connectivity index (χ0v) is 15.6. The Bertz CT molecular complexity index is 568. The summed E-state index contributed by atoms with van der Waals surface area (Å²) < 4.78 is 5.05. The summed E-state index contributed by atoms with van der Waals surface area (Å²) in [5, 5.41) is 3.19. The van der Waals surface area contributed by atoms with Gasteiger partial charge in [-0.05, 0) is 19.0 Å². The molecule has 3 N–H and O–H groups in total. The van der Waals surface area contributed by atoms with Crippen LogP contribution in [-0.2, 0) is 9.53 Å². The molecule has 2 rings (SSSR count). The molecule has 0 spiro atoms. The van der Waals surface area contributed by atoms with Crippen LogP contribution in [0.3, 0.4) is 0 Å². The maximum atomic E-state index is 12.4. The summed E-state index contributed by atoms with van der Waals surface area (Å²) in [6.45, 7) is 7.66. The molecule has 1 amide bonds. The molecule has 8 nitrogen and oxygen atoms in total. The Morgan fingerprint density at radius 2 is 2.28 bits per heavy atom. The number of carbonyl (C=O) groups is 1. The van der Waals surface area contributed by atoms with Gasteiger partial charge in [-0.3, -0.25) is 9.69 Å². The number of nitrogen functional groups attached to an aromatic ring is 1. The molecular weight excluding hydrogens is 320 g/mol. The molecule has 25 heavy (non-hydrogen) atoms. The van der Waals surface area contributed by atoms with E-state index in [0.29, 0.717) is 25.0 Å². The van der Waals surface area contributed by atoms with Crippen molar-refractivity contribution in [1.82, 2.24) is 20.2 Å². The molecule has 2 heterocycles. The van der Waals surface area contributed by atoms with E-state index in [0.717, 1.165) is 25.5 Å². The first kappa shape index (κ1) is 19.4. The molecular formula is C17H30N6O2. The molecule has 0 radical (unpaired) electrons. The number of amides is 1. The Labute approximate surface area is 149 Å². The van der Waals surface area contributed by atoms with Gasteiger partial charge >= 0.3 is 0 Å². The van der Waals surface area contributed by atoms with Gasteiger partial charge in [0.25, 0.3) is 0 Å². The molecule has 1 aromatic heterocycles. The van der Waals surface area contributed by atoms with Gasteiger partial charge in [0, 0.05) is 38.9 Å². The predicted molar refractivity (Wildman–Crippen MR) is 98.3 cm³/mol. The number of nitrogens with two attached hydrogens (primary N) is 1. The Kier molecular flexibility index (Phi) is 6.95. The number of aromatic nitrogens is 2. The number of rotatable bonds is 8. The smallest absolute Gasteiger partial charge is 0.234 e. The predicted octanol–water partition coefficient (Wildman–Crippen LogP) is 0.214. The molecule has 0 saturated carbocycles. The molecule has 1 fully saturated rings. The fraction of sp³-hybridized carbons (Fsp3) is 0.706. The second kappa shape index (κ2) is 8.96. The van der Waals surface area contributed by atoms with Crippen molar-refractivity contribution in [2.24, 2.45) is 11.8 Å². The molecule has 0 aromatic carbocycles. The van der Waals surface area contributed by atoms with Crippen LogP contribution in [-0.4, -0.2) is 73.8 Å². The molecule has 1 aromatic rings. The summed E-state index contributed by atoms with van der Waals surface area (Å²) in [7, 11) is 3.58. The number of ether oxygens (including phenoxy) is 1. The number of methoxy groups -OCH3 is 1.